The lowest BCUT2D eigenvalue weighted by Gasteiger charge is -2.20. The van der Waals surface area contributed by atoms with Crippen molar-refractivity contribution in [3.63, 3.8) is 0 Å². The molecule has 0 N–H and O–H groups in total. The molecular formula is C6H8O3. The van der Waals surface area contributed by atoms with Crippen LogP contribution in [0.5, 0.6) is 0 Å². The highest BCUT2D eigenvalue weighted by atomic mass is 16.7. The van der Waals surface area contributed by atoms with E-state index < -0.39 is 0 Å². The topological polar surface area (TPSA) is 35.5 Å². The van der Waals surface area contributed by atoms with Gasteiger partial charge in [0.15, 0.2) is 0 Å². The minimum absolute atomic E-state index is 0.00579. The van der Waals surface area contributed by atoms with Crippen LogP contribution in [0.1, 0.15) is 13.3 Å². The van der Waals surface area contributed by atoms with Gasteiger partial charge in [0, 0.05) is 6.42 Å². The van der Waals surface area contributed by atoms with E-state index in [0.717, 1.165) is 6.42 Å². The first-order valence-electron chi connectivity index (χ1n) is 2.87. The second-order valence-electron chi connectivity index (χ2n) is 1.96. The summed E-state index contributed by atoms with van der Waals surface area (Å²) in [6, 6.07) is 0. The van der Waals surface area contributed by atoms with Gasteiger partial charge in [0.1, 0.15) is 6.10 Å². The predicted octanol–water partition coefficient (Wildman–Crippen LogP) is 0.485. The molecule has 0 spiro atoms. The summed E-state index contributed by atoms with van der Waals surface area (Å²) in [5, 5.41) is 0. The van der Waals surface area contributed by atoms with Crippen molar-refractivity contribution in [2.75, 3.05) is 6.61 Å². The van der Waals surface area contributed by atoms with Gasteiger partial charge in [-0.15, -0.1) is 0 Å². The average molecular weight is 128 g/mol. The van der Waals surface area contributed by atoms with E-state index in [1.807, 2.05) is 6.92 Å². The van der Waals surface area contributed by atoms with Crippen LogP contribution >= 0.6 is 0 Å². The number of carbonyl (C=O) groups excluding carboxylic acids is 1. The fourth-order valence-electron chi connectivity index (χ4n) is 0.647. The van der Waals surface area contributed by atoms with Gasteiger partial charge in [0.25, 0.3) is 0 Å². The van der Waals surface area contributed by atoms with E-state index in [4.69, 9.17) is 9.47 Å². The molecule has 0 radical (unpaired) electrons. The summed E-state index contributed by atoms with van der Waals surface area (Å²) in [4.78, 5) is 9.89. The molecule has 1 aliphatic rings. The van der Waals surface area contributed by atoms with E-state index in [0.29, 0.717) is 6.61 Å². The van der Waals surface area contributed by atoms with Gasteiger partial charge in [-0.2, -0.15) is 0 Å². The first-order chi connectivity index (χ1) is 4.33. The van der Waals surface area contributed by atoms with E-state index in [-0.39, 0.29) is 12.0 Å². The molecule has 1 heterocycles. The SMILES string of the molecule is CC1CCOC(=C=O)O1. The summed E-state index contributed by atoms with van der Waals surface area (Å²) in [6.07, 6.45) is 0.931. The lowest BCUT2D eigenvalue weighted by Crippen LogP contribution is -2.19. The molecule has 1 saturated heterocycles. The Bertz CT molecular complexity index is 146. The lowest BCUT2D eigenvalue weighted by atomic mass is 10.3. The summed E-state index contributed by atoms with van der Waals surface area (Å²) in [5.41, 5.74) is 0. The Balaban J connectivity index is 2.51. The maximum absolute atomic E-state index is 9.89. The molecule has 0 aromatic rings. The zero-order valence-electron chi connectivity index (χ0n) is 5.22. The van der Waals surface area contributed by atoms with E-state index >= 15 is 0 Å². The van der Waals surface area contributed by atoms with Crippen molar-refractivity contribution >= 4 is 5.94 Å². The molecule has 0 amide bonds. The summed E-state index contributed by atoms with van der Waals surface area (Å²) >= 11 is 0. The molecule has 1 rings (SSSR count). The van der Waals surface area contributed by atoms with Gasteiger partial charge < -0.3 is 9.47 Å². The third-order valence-electron chi connectivity index (χ3n) is 1.15. The van der Waals surface area contributed by atoms with Gasteiger partial charge in [-0.3, -0.25) is 0 Å². The number of rotatable bonds is 0. The van der Waals surface area contributed by atoms with Gasteiger partial charge in [0.05, 0.1) is 6.61 Å². The zero-order chi connectivity index (χ0) is 6.69. The van der Waals surface area contributed by atoms with E-state index in [1.54, 1.807) is 5.94 Å². The van der Waals surface area contributed by atoms with E-state index in [9.17, 15) is 4.79 Å². The van der Waals surface area contributed by atoms with Crippen molar-refractivity contribution in [2.45, 2.75) is 19.4 Å². The maximum atomic E-state index is 9.89. The molecule has 1 unspecified atom stereocenters. The largest absolute Gasteiger partial charge is 0.457 e. The molecule has 1 atom stereocenters. The van der Waals surface area contributed by atoms with Crippen LogP contribution in [0, 0.1) is 0 Å². The molecule has 0 aliphatic carbocycles. The van der Waals surface area contributed by atoms with Crippen molar-refractivity contribution in [1.29, 1.82) is 0 Å². The summed E-state index contributed by atoms with van der Waals surface area (Å²) in [5.74, 6) is 1.55. The monoisotopic (exact) mass is 128 g/mol. The molecular weight excluding hydrogens is 120 g/mol. The first kappa shape index (κ1) is 6.17. The lowest BCUT2D eigenvalue weighted by molar-refractivity contribution is -0.0515. The average Bonchev–Trinajstić information content (AvgIpc) is 1.88. The predicted molar refractivity (Wildman–Crippen MR) is 30.3 cm³/mol. The Morgan fingerprint density at radius 1 is 1.78 bits per heavy atom. The van der Waals surface area contributed by atoms with Gasteiger partial charge in [0.2, 0.25) is 5.94 Å². The van der Waals surface area contributed by atoms with E-state index in [1.165, 1.54) is 0 Å². The Morgan fingerprint density at radius 3 is 3.00 bits per heavy atom. The van der Waals surface area contributed by atoms with Gasteiger partial charge >= 0.3 is 5.95 Å². The Labute approximate surface area is 53.3 Å². The first-order valence-corrected chi connectivity index (χ1v) is 2.87. The molecule has 50 valence electrons. The van der Waals surface area contributed by atoms with Gasteiger partial charge in [-0.05, 0) is 6.92 Å². The molecule has 9 heavy (non-hydrogen) atoms. The van der Waals surface area contributed by atoms with Crippen molar-refractivity contribution in [3.05, 3.63) is 5.95 Å². The third-order valence-corrected chi connectivity index (χ3v) is 1.15. The minimum atomic E-state index is -0.00579. The molecule has 3 heteroatoms. The van der Waals surface area contributed by atoms with Crippen molar-refractivity contribution < 1.29 is 14.3 Å². The molecule has 0 aromatic carbocycles. The number of hydrogen-bond acceptors (Lipinski definition) is 3. The van der Waals surface area contributed by atoms with Gasteiger partial charge in [-0.1, -0.05) is 0 Å². The smallest absolute Gasteiger partial charge is 0.370 e. The highest BCUT2D eigenvalue weighted by Crippen LogP contribution is 2.11. The maximum Gasteiger partial charge on any atom is 0.370 e. The molecule has 0 aromatic heterocycles. The van der Waals surface area contributed by atoms with Crippen molar-refractivity contribution in [1.82, 2.24) is 0 Å². The summed E-state index contributed by atoms with van der Waals surface area (Å²) < 4.78 is 9.67. The standard InChI is InChI=1S/C6H8O3/c1-5-2-3-8-6(4-7)9-5/h5H,2-3H2,1H3. The fourth-order valence-corrected chi connectivity index (χ4v) is 0.647. The van der Waals surface area contributed by atoms with Crippen LogP contribution in [0.25, 0.3) is 0 Å². The molecule has 0 bridgehead atoms. The summed E-state index contributed by atoms with van der Waals surface area (Å²) in [7, 11) is 0. The molecule has 1 fully saturated rings. The van der Waals surface area contributed by atoms with Crippen LogP contribution in [-0.2, 0) is 14.3 Å². The highest BCUT2D eigenvalue weighted by Gasteiger charge is 2.14. The van der Waals surface area contributed by atoms with E-state index in [2.05, 4.69) is 0 Å². The molecule has 0 saturated carbocycles. The number of hydrogen-bond donors (Lipinski definition) is 0. The second kappa shape index (κ2) is 2.55. The van der Waals surface area contributed by atoms with Crippen molar-refractivity contribution in [2.24, 2.45) is 0 Å². The second-order valence-corrected chi connectivity index (χ2v) is 1.96. The molecule has 3 nitrogen and oxygen atoms in total. The van der Waals surface area contributed by atoms with Crippen LogP contribution in [0.2, 0.25) is 0 Å². The van der Waals surface area contributed by atoms with Crippen LogP contribution in [0.15, 0.2) is 5.95 Å². The normalized spacial score (nSPS) is 25.9. The minimum Gasteiger partial charge on any atom is -0.457 e. The molecule has 1 aliphatic heterocycles. The zero-order valence-corrected chi connectivity index (χ0v) is 5.22. The van der Waals surface area contributed by atoms with Gasteiger partial charge in [-0.25, -0.2) is 4.79 Å². The Kier molecular flexibility index (Phi) is 1.75. The van der Waals surface area contributed by atoms with Crippen LogP contribution in [-0.4, -0.2) is 18.7 Å². The quantitative estimate of drug-likeness (QED) is 0.445. The Morgan fingerprint density at radius 2 is 2.56 bits per heavy atom. The number of ether oxygens (including phenoxy) is 2. The highest BCUT2D eigenvalue weighted by molar-refractivity contribution is 5.46. The Hall–Kier alpha value is -0.950. The summed E-state index contributed by atoms with van der Waals surface area (Å²) in [6.45, 7) is 2.45. The van der Waals surface area contributed by atoms with Crippen LogP contribution in [0.4, 0.5) is 0 Å². The van der Waals surface area contributed by atoms with Crippen molar-refractivity contribution in [3.8, 4) is 0 Å². The van der Waals surface area contributed by atoms with Crippen LogP contribution in [0.3, 0.4) is 0 Å². The fraction of sp³-hybridized carbons (Fsp3) is 0.667. The van der Waals surface area contributed by atoms with Crippen LogP contribution < -0.4 is 0 Å². The third kappa shape index (κ3) is 1.47.